The number of piperidine rings is 1. The van der Waals surface area contributed by atoms with Crippen molar-refractivity contribution in [3.63, 3.8) is 0 Å². The molecule has 17 heavy (non-hydrogen) atoms. The summed E-state index contributed by atoms with van der Waals surface area (Å²) in [7, 11) is 0. The Hall–Kier alpha value is -1.52. The Labute approximate surface area is 102 Å². The molecular weight excluding hydrogens is 216 g/mol. The van der Waals surface area contributed by atoms with Gasteiger partial charge in [0.15, 0.2) is 0 Å². The van der Waals surface area contributed by atoms with E-state index in [-0.39, 0.29) is 12.1 Å². The average Bonchev–Trinajstić information content (AvgIpc) is 2.82. The number of amides is 2. The van der Waals surface area contributed by atoms with Gasteiger partial charge >= 0.3 is 6.03 Å². The van der Waals surface area contributed by atoms with Gasteiger partial charge in [-0.1, -0.05) is 6.92 Å². The van der Waals surface area contributed by atoms with Gasteiger partial charge in [0.05, 0.1) is 6.04 Å². The summed E-state index contributed by atoms with van der Waals surface area (Å²) >= 11 is 0. The molecule has 1 saturated heterocycles. The van der Waals surface area contributed by atoms with Gasteiger partial charge in [-0.25, -0.2) is 9.78 Å². The number of aromatic amines is 1. The maximum atomic E-state index is 12.0. The maximum absolute atomic E-state index is 12.0. The summed E-state index contributed by atoms with van der Waals surface area (Å²) in [6.07, 6.45) is 5.78. The number of nitrogens with zero attached hydrogens (tertiary/aromatic N) is 2. The molecule has 5 nitrogen and oxygen atoms in total. The number of imidazole rings is 1. The number of carbonyl (C=O) groups excluding carboxylic acids is 1. The van der Waals surface area contributed by atoms with Gasteiger partial charge in [-0.15, -0.1) is 0 Å². The number of nitrogens with one attached hydrogen (secondary N) is 2. The maximum Gasteiger partial charge on any atom is 0.317 e. The van der Waals surface area contributed by atoms with E-state index in [4.69, 9.17) is 0 Å². The van der Waals surface area contributed by atoms with Crippen molar-refractivity contribution in [3.8, 4) is 0 Å². The van der Waals surface area contributed by atoms with Gasteiger partial charge in [-0.2, -0.15) is 0 Å². The first-order valence-corrected chi connectivity index (χ1v) is 6.21. The summed E-state index contributed by atoms with van der Waals surface area (Å²) in [4.78, 5) is 21.1. The molecule has 2 N–H and O–H groups in total. The van der Waals surface area contributed by atoms with Crippen LogP contribution in [0, 0.1) is 5.92 Å². The molecule has 1 aliphatic heterocycles. The van der Waals surface area contributed by atoms with Crippen molar-refractivity contribution in [3.05, 3.63) is 18.2 Å². The van der Waals surface area contributed by atoms with E-state index >= 15 is 0 Å². The van der Waals surface area contributed by atoms with E-state index < -0.39 is 0 Å². The lowest BCUT2D eigenvalue weighted by molar-refractivity contribution is 0.166. The second-order valence-electron chi connectivity index (χ2n) is 4.84. The van der Waals surface area contributed by atoms with Gasteiger partial charge in [0.25, 0.3) is 0 Å². The fourth-order valence-corrected chi connectivity index (χ4v) is 2.23. The van der Waals surface area contributed by atoms with Crippen LogP contribution >= 0.6 is 0 Å². The molecule has 2 atom stereocenters. The van der Waals surface area contributed by atoms with Crippen LogP contribution in [0.3, 0.4) is 0 Å². The second kappa shape index (κ2) is 5.21. The van der Waals surface area contributed by atoms with Crippen molar-refractivity contribution >= 4 is 6.03 Å². The second-order valence-corrected chi connectivity index (χ2v) is 4.84. The third kappa shape index (κ3) is 2.99. The van der Waals surface area contributed by atoms with E-state index in [1.807, 2.05) is 11.8 Å². The lowest BCUT2D eigenvalue weighted by Crippen LogP contribution is -2.45. The molecule has 1 aromatic rings. The van der Waals surface area contributed by atoms with E-state index in [0.29, 0.717) is 5.92 Å². The summed E-state index contributed by atoms with van der Waals surface area (Å²) in [6, 6.07) is -0.0600. The number of aromatic nitrogens is 2. The van der Waals surface area contributed by atoms with Crippen LogP contribution in [0.1, 0.15) is 38.6 Å². The zero-order valence-electron chi connectivity index (χ0n) is 10.4. The van der Waals surface area contributed by atoms with Gasteiger partial charge in [0.1, 0.15) is 5.82 Å². The molecule has 1 aromatic heterocycles. The van der Waals surface area contributed by atoms with Crippen molar-refractivity contribution in [1.29, 1.82) is 0 Å². The molecule has 2 rings (SSSR count). The summed E-state index contributed by atoms with van der Waals surface area (Å²) in [5.74, 6) is 1.40. The molecule has 0 radical (unpaired) electrons. The molecular formula is C12H20N4O. The number of carbonyl (C=O) groups is 1. The standard InChI is InChI=1S/C12H20N4O/c1-9-4-3-7-16(8-9)12(17)15-10(2)11-13-5-6-14-11/h5-6,9-10H,3-4,7-8H2,1-2H3,(H,13,14)(H,15,17). The minimum atomic E-state index is -0.0743. The summed E-state index contributed by atoms with van der Waals surface area (Å²) in [5.41, 5.74) is 0. The van der Waals surface area contributed by atoms with Crippen LogP contribution in [0.2, 0.25) is 0 Å². The highest BCUT2D eigenvalue weighted by atomic mass is 16.2. The highest BCUT2D eigenvalue weighted by molar-refractivity contribution is 5.74. The van der Waals surface area contributed by atoms with E-state index in [0.717, 1.165) is 25.3 Å². The van der Waals surface area contributed by atoms with Crippen molar-refractivity contribution in [2.75, 3.05) is 13.1 Å². The molecule has 0 bridgehead atoms. The zero-order chi connectivity index (χ0) is 12.3. The minimum absolute atomic E-state index is 0.0143. The molecule has 1 aliphatic rings. The number of hydrogen-bond acceptors (Lipinski definition) is 2. The third-order valence-electron chi connectivity index (χ3n) is 3.21. The van der Waals surface area contributed by atoms with Gasteiger partial charge in [0.2, 0.25) is 0 Å². The zero-order valence-corrected chi connectivity index (χ0v) is 10.4. The Morgan fingerprint density at radius 3 is 3.18 bits per heavy atom. The monoisotopic (exact) mass is 236 g/mol. The Balaban J connectivity index is 1.88. The molecule has 5 heteroatoms. The molecule has 0 aromatic carbocycles. The smallest absolute Gasteiger partial charge is 0.317 e. The highest BCUT2D eigenvalue weighted by Gasteiger charge is 2.22. The Morgan fingerprint density at radius 1 is 1.71 bits per heavy atom. The minimum Gasteiger partial charge on any atom is -0.347 e. The topological polar surface area (TPSA) is 61.0 Å². The molecule has 94 valence electrons. The molecule has 2 unspecified atom stereocenters. The van der Waals surface area contributed by atoms with E-state index in [2.05, 4.69) is 22.2 Å². The Bertz CT molecular complexity index is 363. The van der Waals surface area contributed by atoms with Crippen LogP contribution in [0.5, 0.6) is 0 Å². The number of likely N-dealkylation sites (tertiary alicyclic amines) is 1. The third-order valence-corrected chi connectivity index (χ3v) is 3.21. The molecule has 2 heterocycles. The fourth-order valence-electron chi connectivity index (χ4n) is 2.23. The Kier molecular flexibility index (Phi) is 3.66. The fraction of sp³-hybridized carbons (Fsp3) is 0.667. The van der Waals surface area contributed by atoms with Crippen molar-refractivity contribution in [2.45, 2.75) is 32.7 Å². The molecule has 1 fully saturated rings. The van der Waals surface area contributed by atoms with Crippen molar-refractivity contribution in [2.24, 2.45) is 5.92 Å². The van der Waals surface area contributed by atoms with Crippen LogP contribution < -0.4 is 5.32 Å². The van der Waals surface area contributed by atoms with Crippen LogP contribution in [0.15, 0.2) is 12.4 Å². The molecule has 0 saturated carbocycles. The van der Waals surface area contributed by atoms with Crippen molar-refractivity contribution in [1.82, 2.24) is 20.2 Å². The van der Waals surface area contributed by atoms with Gasteiger partial charge in [-0.05, 0) is 25.7 Å². The van der Waals surface area contributed by atoms with Crippen LogP contribution in [0.25, 0.3) is 0 Å². The molecule has 0 aliphatic carbocycles. The SMILES string of the molecule is CC1CCCN(C(=O)NC(C)c2ncc[nH]2)C1. The quantitative estimate of drug-likeness (QED) is 0.824. The van der Waals surface area contributed by atoms with Gasteiger partial charge in [-0.3, -0.25) is 0 Å². The first kappa shape index (κ1) is 12.0. The number of urea groups is 1. The molecule has 0 spiro atoms. The highest BCUT2D eigenvalue weighted by Crippen LogP contribution is 2.16. The molecule has 2 amide bonds. The normalized spacial score (nSPS) is 22.2. The number of rotatable bonds is 2. The lowest BCUT2D eigenvalue weighted by atomic mass is 10.0. The largest absolute Gasteiger partial charge is 0.347 e. The van der Waals surface area contributed by atoms with E-state index in [9.17, 15) is 4.79 Å². The predicted octanol–water partition coefficient (Wildman–Crippen LogP) is 1.91. The van der Waals surface area contributed by atoms with Crippen LogP contribution in [0.4, 0.5) is 4.79 Å². The van der Waals surface area contributed by atoms with E-state index in [1.165, 1.54) is 6.42 Å². The first-order chi connectivity index (χ1) is 8.16. The van der Waals surface area contributed by atoms with E-state index in [1.54, 1.807) is 12.4 Å². The average molecular weight is 236 g/mol. The van der Waals surface area contributed by atoms with Crippen molar-refractivity contribution < 1.29 is 4.79 Å². The summed E-state index contributed by atoms with van der Waals surface area (Å²) in [5, 5.41) is 2.97. The lowest BCUT2D eigenvalue weighted by Gasteiger charge is -2.31. The summed E-state index contributed by atoms with van der Waals surface area (Å²) < 4.78 is 0. The van der Waals surface area contributed by atoms with Gasteiger partial charge in [0, 0.05) is 25.5 Å². The summed E-state index contributed by atoms with van der Waals surface area (Å²) in [6.45, 7) is 5.84. The Morgan fingerprint density at radius 2 is 2.53 bits per heavy atom. The van der Waals surface area contributed by atoms with Crippen LogP contribution in [-0.4, -0.2) is 34.0 Å². The van der Waals surface area contributed by atoms with Gasteiger partial charge < -0.3 is 15.2 Å². The number of H-pyrrole nitrogens is 1. The first-order valence-electron chi connectivity index (χ1n) is 6.21. The number of hydrogen-bond donors (Lipinski definition) is 2. The van der Waals surface area contributed by atoms with Crippen LogP contribution in [-0.2, 0) is 0 Å². The predicted molar refractivity (Wildman–Crippen MR) is 65.5 cm³/mol.